The summed E-state index contributed by atoms with van der Waals surface area (Å²) in [5.41, 5.74) is 3.95. The Balaban J connectivity index is 1.89. The monoisotopic (exact) mass is 300 g/mol. The fourth-order valence-electron chi connectivity index (χ4n) is 3.03. The highest BCUT2D eigenvalue weighted by molar-refractivity contribution is 6.29. The minimum atomic E-state index is -0.0101. The van der Waals surface area contributed by atoms with Crippen LogP contribution < -0.4 is 0 Å². The first-order valence-corrected chi connectivity index (χ1v) is 7.43. The second-order valence-corrected chi connectivity index (χ2v) is 5.88. The molecule has 2 aromatic rings. The third kappa shape index (κ3) is 2.66. The Morgan fingerprint density at radius 3 is 2.86 bits per heavy atom. The number of hydrogen-bond donors (Lipinski definition) is 0. The maximum Gasteiger partial charge on any atom is 0.254 e. The second-order valence-electron chi connectivity index (χ2n) is 5.49. The lowest BCUT2D eigenvalue weighted by Gasteiger charge is -2.25. The molecule has 1 aromatic heterocycles. The highest BCUT2D eigenvalue weighted by Crippen LogP contribution is 2.35. The summed E-state index contributed by atoms with van der Waals surface area (Å²) in [5, 5.41) is 0.360. The van der Waals surface area contributed by atoms with Gasteiger partial charge in [0.15, 0.2) is 0 Å². The Hall–Kier alpha value is -1.87. The van der Waals surface area contributed by atoms with Gasteiger partial charge in [-0.05, 0) is 43.0 Å². The number of halogens is 1. The molecule has 1 aliphatic rings. The van der Waals surface area contributed by atoms with Gasteiger partial charge in [-0.25, -0.2) is 4.98 Å². The van der Waals surface area contributed by atoms with Crippen LogP contribution in [0.4, 0.5) is 0 Å². The molecule has 21 heavy (non-hydrogen) atoms. The van der Waals surface area contributed by atoms with Crippen molar-refractivity contribution in [1.29, 1.82) is 0 Å². The average molecular weight is 301 g/mol. The van der Waals surface area contributed by atoms with Crippen molar-refractivity contribution in [3.63, 3.8) is 0 Å². The number of amides is 1. The van der Waals surface area contributed by atoms with E-state index in [9.17, 15) is 4.79 Å². The largest absolute Gasteiger partial charge is 0.335 e. The van der Waals surface area contributed by atoms with Gasteiger partial charge in [-0.2, -0.15) is 0 Å². The molecule has 0 saturated heterocycles. The Labute approximate surface area is 129 Å². The van der Waals surface area contributed by atoms with Crippen LogP contribution in [0.5, 0.6) is 0 Å². The van der Waals surface area contributed by atoms with Crippen LogP contribution in [0.1, 0.15) is 39.6 Å². The number of pyridine rings is 1. The molecule has 1 atom stereocenters. The topological polar surface area (TPSA) is 33.2 Å². The minimum Gasteiger partial charge on any atom is -0.335 e. The van der Waals surface area contributed by atoms with Crippen LogP contribution in [-0.2, 0) is 6.42 Å². The van der Waals surface area contributed by atoms with Gasteiger partial charge in [0.2, 0.25) is 0 Å². The maximum atomic E-state index is 12.7. The molecule has 0 N–H and O–H groups in total. The van der Waals surface area contributed by atoms with Gasteiger partial charge in [0.1, 0.15) is 5.15 Å². The average Bonchev–Trinajstić information content (AvgIpc) is 2.88. The molecule has 0 saturated carbocycles. The summed E-state index contributed by atoms with van der Waals surface area (Å²) in [6, 6.07) is 11.9. The molecule has 0 aliphatic heterocycles. The smallest absolute Gasteiger partial charge is 0.254 e. The lowest BCUT2D eigenvalue weighted by molar-refractivity contribution is 0.0730. The van der Waals surface area contributed by atoms with E-state index in [0.29, 0.717) is 10.7 Å². The lowest BCUT2D eigenvalue weighted by atomic mass is 10.1. The van der Waals surface area contributed by atoms with Crippen LogP contribution >= 0.6 is 11.6 Å². The third-order valence-corrected chi connectivity index (χ3v) is 4.25. The highest BCUT2D eigenvalue weighted by atomic mass is 35.5. The molecular weight excluding hydrogens is 284 g/mol. The summed E-state index contributed by atoms with van der Waals surface area (Å²) in [4.78, 5) is 18.6. The number of nitrogens with zero attached hydrogens (tertiary/aromatic N) is 2. The summed E-state index contributed by atoms with van der Waals surface area (Å²) in [5.74, 6) is -0.0101. The summed E-state index contributed by atoms with van der Waals surface area (Å²) >= 11 is 5.96. The van der Waals surface area contributed by atoms with E-state index in [1.54, 1.807) is 12.1 Å². The van der Waals surface area contributed by atoms with E-state index in [4.69, 9.17) is 11.6 Å². The number of rotatable bonds is 2. The predicted octanol–water partition coefficient (Wildman–Crippen LogP) is 3.80. The molecule has 1 amide bonds. The first kappa shape index (κ1) is 14.1. The van der Waals surface area contributed by atoms with Gasteiger partial charge >= 0.3 is 0 Å². The number of carbonyl (C=O) groups excluding carboxylic acids is 1. The van der Waals surface area contributed by atoms with Gasteiger partial charge in [-0.15, -0.1) is 0 Å². The van der Waals surface area contributed by atoms with E-state index in [-0.39, 0.29) is 11.9 Å². The van der Waals surface area contributed by atoms with Crippen molar-refractivity contribution in [2.45, 2.75) is 25.8 Å². The number of hydrogen-bond acceptors (Lipinski definition) is 2. The molecule has 0 radical (unpaired) electrons. The maximum absolute atomic E-state index is 12.7. The van der Waals surface area contributed by atoms with Crippen LogP contribution in [0.3, 0.4) is 0 Å². The standard InChI is InChI=1S/C17H17ClN2O/c1-11-9-13(10-16(18)19-11)17(21)20(2)15-8-7-12-5-3-4-6-14(12)15/h3-6,9-10,15H,7-8H2,1-2H3. The van der Waals surface area contributed by atoms with Crippen molar-refractivity contribution < 1.29 is 4.79 Å². The molecule has 0 fully saturated rings. The SMILES string of the molecule is Cc1cc(C(=O)N(C)C2CCc3ccccc32)cc(Cl)n1. The second kappa shape index (κ2) is 5.49. The van der Waals surface area contributed by atoms with Gasteiger partial charge in [-0.1, -0.05) is 35.9 Å². The molecular formula is C17H17ClN2O. The summed E-state index contributed by atoms with van der Waals surface area (Å²) in [6.07, 6.45) is 1.99. The molecule has 1 aliphatic carbocycles. The van der Waals surface area contributed by atoms with Crippen molar-refractivity contribution in [3.05, 3.63) is 63.9 Å². The number of fused-ring (bicyclic) bond motifs is 1. The Bertz CT molecular complexity index is 679. The molecule has 1 aromatic carbocycles. The quantitative estimate of drug-likeness (QED) is 0.790. The number of aromatic nitrogens is 1. The molecule has 1 unspecified atom stereocenters. The zero-order chi connectivity index (χ0) is 15.0. The van der Waals surface area contributed by atoms with E-state index >= 15 is 0 Å². The van der Waals surface area contributed by atoms with Crippen molar-refractivity contribution in [1.82, 2.24) is 9.88 Å². The normalized spacial score (nSPS) is 16.6. The molecule has 0 spiro atoms. The van der Waals surface area contributed by atoms with E-state index < -0.39 is 0 Å². The molecule has 1 heterocycles. The Kier molecular flexibility index (Phi) is 3.68. The summed E-state index contributed by atoms with van der Waals surface area (Å²) in [7, 11) is 1.86. The summed E-state index contributed by atoms with van der Waals surface area (Å²) < 4.78 is 0. The fraction of sp³-hybridized carbons (Fsp3) is 0.294. The van der Waals surface area contributed by atoms with Crippen LogP contribution in [-0.4, -0.2) is 22.8 Å². The van der Waals surface area contributed by atoms with Crippen molar-refractivity contribution in [2.24, 2.45) is 0 Å². The van der Waals surface area contributed by atoms with Crippen LogP contribution in [0, 0.1) is 6.92 Å². The molecule has 4 heteroatoms. The first-order chi connectivity index (χ1) is 10.1. The van der Waals surface area contributed by atoms with Crippen LogP contribution in [0.2, 0.25) is 5.15 Å². The summed E-state index contributed by atoms with van der Waals surface area (Å²) in [6.45, 7) is 1.84. The first-order valence-electron chi connectivity index (χ1n) is 7.05. The van der Waals surface area contributed by atoms with Gasteiger partial charge in [0, 0.05) is 18.3 Å². The molecule has 3 nitrogen and oxygen atoms in total. The van der Waals surface area contributed by atoms with Crippen molar-refractivity contribution in [3.8, 4) is 0 Å². The number of carbonyl (C=O) groups is 1. The Morgan fingerprint density at radius 2 is 2.10 bits per heavy atom. The van der Waals surface area contributed by atoms with Gasteiger partial charge in [-0.3, -0.25) is 4.79 Å². The van der Waals surface area contributed by atoms with E-state index in [1.807, 2.05) is 24.9 Å². The Morgan fingerprint density at radius 1 is 1.33 bits per heavy atom. The van der Waals surface area contributed by atoms with Gasteiger partial charge < -0.3 is 4.90 Å². The van der Waals surface area contributed by atoms with Gasteiger partial charge in [0.25, 0.3) is 5.91 Å². The van der Waals surface area contributed by atoms with Crippen molar-refractivity contribution >= 4 is 17.5 Å². The van der Waals surface area contributed by atoms with Crippen molar-refractivity contribution in [2.75, 3.05) is 7.05 Å². The number of aryl methyl sites for hydroxylation is 2. The van der Waals surface area contributed by atoms with Crippen LogP contribution in [0.25, 0.3) is 0 Å². The van der Waals surface area contributed by atoms with E-state index in [1.165, 1.54) is 11.1 Å². The van der Waals surface area contributed by atoms with Gasteiger partial charge in [0.05, 0.1) is 6.04 Å². The predicted molar refractivity (Wildman–Crippen MR) is 83.6 cm³/mol. The zero-order valence-electron chi connectivity index (χ0n) is 12.1. The molecule has 108 valence electrons. The zero-order valence-corrected chi connectivity index (χ0v) is 12.9. The van der Waals surface area contributed by atoms with Crippen LogP contribution in [0.15, 0.2) is 36.4 Å². The minimum absolute atomic E-state index is 0.0101. The van der Waals surface area contributed by atoms with E-state index in [2.05, 4.69) is 23.2 Å². The number of benzene rings is 1. The fourth-order valence-corrected chi connectivity index (χ4v) is 3.28. The third-order valence-electron chi connectivity index (χ3n) is 4.06. The molecule has 3 rings (SSSR count). The van der Waals surface area contributed by atoms with E-state index in [0.717, 1.165) is 18.5 Å². The molecule has 0 bridgehead atoms. The highest BCUT2D eigenvalue weighted by Gasteiger charge is 2.28. The lowest BCUT2D eigenvalue weighted by Crippen LogP contribution is -2.30.